The van der Waals surface area contributed by atoms with E-state index >= 15 is 0 Å². The lowest BCUT2D eigenvalue weighted by molar-refractivity contribution is -0.148. The molecular weight excluding hydrogens is 356 g/mol. The zero-order valence-corrected chi connectivity index (χ0v) is 17.2. The summed E-state index contributed by atoms with van der Waals surface area (Å²) in [5.41, 5.74) is 7.32. The quantitative estimate of drug-likeness (QED) is 0.386. The normalized spacial score (nSPS) is 13.3. The van der Waals surface area contributed by atoms with Crippen molar-refractivity contribution in [3.63, 3.8) is 0 Å². The lowest BCUT2D eigenvalue weighted by Gasteiger charge is -2.17. The number of rotatable bonds is 4. The van der Waals surface area contributed by atoms with Crippen LogP contribution in [-0.2, 0) is 16.0 Å². The van der Waals surface area contributed by atoms with E-state index in [1.165, 1.54) is 33.9 Å². The monoisotopic (exact) mass is 382 g/mol. The molecule has 0 unspecified atom stereocenters. The molecule has 0 saturated carbocycles. The van der Waals surface area contributed by atoms with Crippen LogP contribution in [0.1, 0.15) is 48.9 Å². The van der Waals surface area contributed by atoms with Crippen molar-refractivity contribution in [1.29, 1.82) is 0 Å². The van der Waals surface area contributed by atoms with Crippen LogP contribution in [0.2, 0.25) is 0 Å². The molecule has 0 aliphatic heterocycles. The standard InChI is InChI=1S/C27H26O2/c1-27(2,3)29-26(28)17-16-19-12-14-20(15-13-19)18-25-23-10-6-4-8-21(23)22-9-5-7-11-24(22)25/h4-17,25H,18H2,1-3H3/b17-16+. The van der Waals surface area contributed by atoms with Gasteiger partial charge in [0, 0.05) is 12.0 Å². The maximum atomic E-state index is 11.9. The van der Waals surface area contributed by atoms with Crippen molar-refractivity contribution < 1.29 is 9.53 Å². The minimum absolute atomic E-state index is 0.319. The van der Waals surface area contributed by atoms with Crippen molar-refractivity contribution in [2.75, 3.05) is 0 Å². The zero-order valence-electron chi connectivity index (χ0n) is 17.2. The van der Waals surface area contributed by atoms with Crippen LogP contribution in [-0.4, -0.2) is 11.6 Å². The smallest absolute Gasteiger partial charge is 0.331 e. The van der Waals surface area contributed by atoms with E-state index in [4.69, 9.17) is 4.74 Å². The molecule has 146 valence electrons. The molecule has 1 aliphatic carbocycles. The van der Waals surface area contributed by atoms with Gasteiger partial charge in [0.1, 0.15) is 5.60 Å². The lowest BCUT2D eigenvalue weighted by atomic mass is 9.90. The van der Waals surface area contributed by atoms with Gasteiger partial charge < -0.3 is 4.74 Å². The molecule has 3 aromatic carbocycles. The third-order valence-electron chi connectivity index (χ3n) is 5.20. The van der Waals surface area contributed by atoms with E-state index in [0.29, 0.717) is 5.92 Å². The van der Waals surface area contributed by atoms with Gasteiger partial charge in [-0.2, -0.15) is 0 Å². The van der Waals surface area contributed by atoms with Gasteiger partial charge in [-0.05, 0) is 66.6 Å². The Balaban J connectivity index is 1.51. The van der Waals surface area contributed by atoms with E-state index in [9.17, 15) is 4.79 Å². The summed E-state index contributed by atoms with van der Waals surface area (Å²) in [6.07, 6.45) is 4.26. The Morgan fingerprint density at radius 1 is 0.862 bits per heavy atom. The molecule has 0 N–H and O–H groups in total. The molecule has 0 amide bonds. The van der Waals surface area contributed by atoms with Gasteiger partial charge in [0.2, 0.25) is 0 Å². The molecule has 4 rings (SSSR count). The van der Waals surface area contributed by atoms with Gasteiger partial charge in [-0.1, -0.05) is 72.8 Å². The third kappa shape index (κ3) is 4.32. The van der Waals surface area contributed by atoms with E-state index in [2.05, 4.69) is 72.8 Å². The second-order valence-corrected chi connectivity index (χ2v) is 8.54. The first-order chi connectivity index (χ1) is 13.9. The van der Waals surface area contributed by atoms with Gasteiger partial charge in [-0.25, -0.2) is 4.79 Å². The molecule has 0 aromatic heterocycles. The molecule has 0 saturated heterocycles. The van der Waals surface area contributed by atoms with Gasteiger partial charge in [-0.15, -0.1) is 0 Å². The number of benzene rings is 3. The van der Waals surface area contributed by atoms with E-state index in [-0.39, 0.29) is 5.97 Å². The summed E-state index contributed by atoms with van der Waals surface area (Å²) < 4.78 is 5.31. The predicted molar refractivity (Wildman–Crippen MR) is 119 cm³/mol. The number of esters is 1. The summed E-state index contributed by atoms with van der Waals surface area (Å²) in [5, 5.41) is 0. The Hall–Kier alpha value is -3.13. The van der Waals surface area contributed by atoms with E-state index in [0.717, 1.165) is 12.0 Å². The van der Waals surface area contributed by atoms with E-state index in [1.54, 1.807) is 6.08 Å². The molecule has 0 heterocycles. The number of carbonyl (C=O) groups is 1. The van der Waals surface area contributed by atoms with Gasteiger partial charge in [-0.3, -0.25) is 0 Å². The van der Waals surface area contributed by atoms with Crippen molar-refractivity contribution in [3.8, 4) is 11.1 Å². The van der Waals surface area contributed by atoms with Crippen molar-refractivity contribution in [1.82, 2.24) is 0 Å². The van der Waals surface area contributed by atoms with Crippen molar-refractivity contribution >= 4 is 12.0 Å². The molecule has 1 aliphatic rings. The van der Waals surface area contributed by atoms with Crippen LogP contribution in [0.5, 0.6) is 0 Å². The van der Waals surface area contributed by atoms with Crippen LogP contribution in [0.3, 0.4) is 0 Å². The topological polar surface area (TPSA) is 26.3 Å². The van der Waals surface area contributed by atoms with Gasteiger partial charge >= 0.3 is 5.97 Å². The summed E-state index contributed by atoms with van der Waals surface area (Å²) in [4.78, 5) is 11.9. The van der Waals surface area contributed by atoms with Crippen molar-refractivity contribution in [2.45, 2.75) is 38.7 Å². The van der Waals surface area contributed by atoms with Crippen LogP contribution in [0.15, 0.2) is 78.9 Å². The molecule has 3 aromatic rings. The fraction of sp³-hybridized carbons (Fsp3) is 0.222. The Bertz CT molecular complexity index is 1010. The number of fused-ring (bicyclic) bond motifs is 3. The first kappa shape index (κ1) is 19.2. The van der Waals surface area contributed by atoms with Crippen LogP contribution in [0.25, 0.3) is 17.2 Å². The van der Waals surface area contributed by atoms with Crippen LogP contribution in [0, 0.1) is 0 Å². The minimum atomic E-state index is -0.473. The lowest BCUT2D eigenvalue weighted by Crippen LogP contribution is -2.22. The average molecular weight is 383 g/mol. The van der Waals surface area contributed by atoms with Crippen LogP contribution in [0.4, 0.5) is 0 Å². The maximum absolute atomic E-state index is 11.9. The first-order valence-corrected chi connectivity index (χ1v) is 10.1. The fourth-order valence-electron chi connectivity index (χ4n) is 3.98. The maximum Gasteiger partial charge on any atom is 0.331 e. The van der Waals surface area contributed by atoms with Gasteiger partial charge in [0.05, 0.1) is 0 Å². The summed E-state index contributed by atoms with van der Waals surface area (Å²) >= 11 is 0. The molecule has 0 bridgehead atoms. The van der Waals surface area contributed by atoms with Gasteiger partial charge in [0.15, 0.2) is 0 Å². The number of hydrogen-bond acceptors (Lipinski definition) is 2. The number of carbonyl (C=O) groups excluding carboxylic acids is 1. The molecule has 0 fully saturated rings. The Morgan fingerprint density at radius 3 is 1.97 bits per heavy atom. The number of ether oxygens (including phenoxy) is 1. The summed E-state index contributed by atoms with van der Waals surface area (Å²) in [7, 11) is 0. The summed E-state index contributed by atoms with van der Waals surface area (Å²) in [6, 6.07) is 25.8. The fourth-order valence-corrected chi connectivity index (χ4v) is 3.98. The number of hydrogen-bond donors (Lipinski definition) is 0. The van der Waals surface area contributed by atoms with E-state index < -0.39 is 5.60 Å². The largest absolute Gasteiger partial charge is 0.457 e. The molecule has 0 atom stereocenters. The van der Waals surface area contributed by atoms with Crippen LogP contribution >= 0.6 is 0 Å². The molecule has 0 spiro atoms. The van der Waals surface area contributed by atoms with Crippen LogP contribution < -0.4 is 0 Å². The zero-order chi connectivity index (χ0) is 20.4. The predicted octanol–water partition coefficient (Wildman–Crippen LogP) is 6.40. The van der Waals surface area contributed by atoms with E-state index in [1.807, 2.05) is 20.8 Å². The Kier molecular flexibility index (Phi) is 5.10. The summed E-state index contributed by atoms with van der Waals surface area (Å²) in [6.45, 7) is 5.60. The highest BCUT2D eigenvalue weighted by Gasteiger charge is 2.27. The highest BCUT2D eigenvalue weighted by atomic mass is 16.6. The molecule has 2 heteroatoms. The molecule has 0 radical (unpaired) electrons. The molecular formula is C27H26O2. The summed E-state index contributed by atoms with van der Waals surface area (Å²) in [5.74, 6) is 0.0614. The van der Waals surface area contributed by atoms with Crippen molar-refractivity contribution in [2.24, 2.45) is 0 Å². The molecule has 29 heavy (non-hydrogen) atoms. The Labute approximate surface area is 172 Å². The van der Waals surface area contributed by atoms with Gasteiger partial charge in [0.25, 0.3) is 0 Å². The second kappa shape index (κ2) is 7.71. The molecule has 2 nitrogen and oxygen atoms in total. The third-order valence-corrected chi connectivity index (χ3v) is 5.20. The Morgan fingerprint density at radius 2 is 1.41 bits per heavy atom. The minimum Gasteiger partial charge on any atom is -0.457 e. The highest BCUT2D eigenvalue weighted by molar-refractivity contribution is 5.87. The van der Waals surface area contributed by atoms with Crippen molar-refractivity contribution in [3.05, 3.63) is 101 Å². The second-order valence-electron chi connectivity index (χ2n) is 8.54. The highest BCUT2D eigenvalue weighted by Crippen LogP contribution is 2.45. The average Bonchev–Trinajstić information content (AvgIpc) is 3.00. The first-order valence-electron chi connectivity index (χ1n) is 10.1. The SMILES string of the molecule is CC(C)(C)OC(=O)/C=C/c1ccc(CC2c3ccccc3-c3ccccc32)cc1.